The summed E-state index contributed by atoms with van der Waals surface area (Å²) in [6, 6.07) is 15.1. The van der Waals surface area contributed by atoms with E-state index in [1.54, 1.807) is 10.7 Å². The van der Waals surface area contributed by atoms with Crippen LogP contribution in [0, 0.1) is 5.92 Å². The van der Waals surface area contributed by atoms with E-state index in [2.05, 4.69) is 55.7 Å². The summed E-state index contributed by atoms with van der Waals surface area (Å²) in [5.74, 6) is 1.07. The molecule has 4 saturated heterocycles. The van der Waals surface area contributed by atoms with Gasteiger partial charge in [-0.25, -0.2) is 0 Å². The first-order chi connectivity index (χ1) is 13.8. The van der Waals surface area contributed by atoms with Crippen LogP contribution in [0.4, 0.5) is 0 Å². The number of aromatic nitrogens is 4. The summed E-state index contributed by atoms with van der Waals surface area (Å²) in [4.78, 5) is 18.3. The lowest BCUT2D eigenvalue weighted by Gasteiger charge is -2.51. The lowest BCUT2D eigenvalue weighted by Crippen LogP contribution is -2.60. The highest BCUT2D eigenvalue weighted by Gasteiger charge is 2.54. The summed E-state index contributed by atoms with van der Waals surface area (Å²) < 4.78 is 1.58. The molecule has 1 amide bonds. The molecule has 1 aromatic carbocycles. The van der Waals surface area contributed by atoms with Crippen LogP contribution in [0.5, 0.6) is 0 Å². The molecule has 0 spiro atoms. The van der Waals surface area contributed by atoms with E-state index in [0.717, 1.165) is 19.6 Å². The van der Waals surface area contributed by atoms with Crippen LogP contribution >= 0.6 is 0 Å². The number of tetrazole rings is 1. The first-order valence-electron chi connectivity index (χ1n) is 10.1. The Balaban J connectivity index is 1.39. The van der Waals surface area contributed by atoms with Crippen molar-refractivity contribution >= 4 is 11.6 Å². The number of amides is 1. The molecule has 6 heterocycles. The predicted molar refractivity (Wildman–Crippen MR) is 103 cm³/mol. The lowest BCUT2D eigenvalue weighted by atomic mass is 9.75. The van der Waals surface area contributed by atoms with Gasteiger partial charge in [0.25, 0.3) is 5.91 Å². The minimum Gasteiger partial charge on any atom is -0.333 e. The van der Waals surface area contributed by atoms with Crippen molar-refractivity contribution in [1.82, 2.24) is 29.8 Å². The quantitative estimate of drug-likeness (QED) is 0.685. The van der Waals surface area contributed by atoms with Gasteiger partial charge in [0.2, 0.25) is 0 Å². The maximum Gasteiger partial charge on any atom is 0.255 e. The molecule has 2 aromatic heterocycles. The van der Waals surface area contributed by atoms with Crippen LogP contribution in [-0.2, 0) is 0 Å². The second kappa shape index (κ2) is 6.10. The van der Waals surface area contributed by atoms with Crippen molar-refractivity contribution < 1.29 is 4.79 Å². The van der Waals surface area contributed by atoms with E-state index in [0.29, 0.717) is 35.1 Å². The molecule has 0 radical (unpaired) electrons. The van der Waals surface area contributed by atoms with Crippen molar-refractivity contribution in [1.29, 1.82) is 0 Å². The number of carbonyl (C=O) groups excluding carboxylic acids is 1. The largest absolute Gasteiger partial charge is 0.333 e. The van der Waals surface area contributed by atoms with Crippen molar-refractivity contribution in [3.63, 3.8) is 0 Å². The van der Waals surface area contributed by atoms with Gasteiger partial charge in [0, 0.05) is 24.7 Å². The zero-order valence-corrected chi connectivity index (χ0v) is 15.6. The van der Waals surface area contributed by atoms with E-state index < -0.39 is 0 Å². The van der Waals surface area contributed by atoms with Gasteiger partial charge in [-0.3, -0.25) is 9.69 Å². The van der Waals surface area contributed by atoms with Crippen molar-refractivity contribution in [2.45, 2.75) is 30.8 Å². The van der Waals surface area contributed by atoms with E-state index in [-0.39, 0.29) is 5.91 Å². The summed E-state index contributed by atoms with van der Waals surface area (Å²) in [6.07, 6.45) is 4.14. The number of hydrogen-bond acceptors (Lipinski definition) is 5. The number of rotatable bonds is 2. The number of fused-ring (bicyclic) bond motifs is 3. The predicted octanol–water partition coefficient (Wildman–Crippen LogP) is 1.83. The van der Waals surface area contributed by atoms with Gasteiger partial charge >= 0.3 is 0 Å². The molecule has 4 fully saturated rings. The summed E-state index contributed by atoms with van der Waals surface area (Å²) >= 11 is 0. The Morgan fingerprint density at radius 3 is 2.64 bits per heavy atom. The van der Waals surface area contributed by atoms with Gasteiger partial charge in [0.1, 0.15) is 0 Å². The van der Waals surface area contributed by atoms with Crippen molar-refractivity contribution in [2.24, 2.45) is 5.92 Å². The Kier molecular flexibility index (Phi) is 3.53. The fourth-order valence-corrected chi connectivity index (χ4v) is 5.68. The van der Waals surface area contributed by atoms with Crippen LogP contribution in [0.1, 0.15) is 34.7 Å². The highest BCUT2D eigenvalue weighted by Crippen LogP contribution is 2.46. The van der Waals surface area contributed by atoms with Gasteiger partial charge < -0.3 is 4.90 Å². The first-order valence-corrected chi connectivity index (χ1v) is 10.1. The fraction of sp³-hybridized carbons (Fsp3) is 0.429. The summed E-state index contributed by atoms with van der Waals surface area (Å²) in [7, 11) is 0. The van der Waals surface area contributed by atoms with Gasteiger partial charge in [-0.1, -0.05) is 30.3 Å². The molecule has 142 valence electrons. The summed E-state index contributed by atoms with van der Waals surface area (Å²) in [5.41, 5.74) is 2.65. The zero-order valence-electron chi connectivity index (χ0n) is 15.6. The minimum atomic E-state index is 0.0968. The molecule has 7 heteroatoms. The topological polar surface area (TPSA) is 66.6 Å². The van der Waals surface area contributed by atoms with Crippen LogP contribution in [0.3, 0.4) is 0 Å². The van der Waals surface area contributed by atoms with Crippen LogP contribution in [0.2, 0.25) is 0 Å². The van der Waals surface area contributed by atoms with Gasteiger partial charge in [-0.05, 0) is 60.0 Å². The van der Waals surface area contributed by atoms with Crippen molar-refractivity contribution in [3.8, 4) is 0 Å². The maximum absolute atomic E-state index is 13.5. The highest BCUT2D eigenvalue weighted by molar-refractivity contribution is 5.95. The molecule has 2 bridgehead atoms. The Bertz CT molecular complexity index is 1030. The molecule has 0 unspecified atom stereocenters. The van der Waals surface area contributed by atoms with Gasteiger partial charge in [-0.15, -0.1) is 5.10 Å². The molecular weight excluding hydrogens is 352 g/mol. The van der Waals surface area contributed by atoms with E-state index in [4.69, 9.17) is 0 Å². The second-order valence-corrected chi connectivity index (χ2v) is 8.23. The maximum atomic E-state index is 13.5. The molecule has 3 atom stereocenters. The van der Waals surface area contributed by atoms with Crippen LogP contribution in [-0.4, -0.2) is 67.5 Å². The number of hydrogen-bond donors (Lipinski definition) is 0. The molecule has 7 nitrogen and oxygen atoms in total. The normalized spacial score (nSPS) is 31.3. The third-order valence-corrected chi connectivity index (χ3v) is 6.92. The SMILES string of the molecule is O=C(c1ccc2nnnn2c1)N1C[C@@H](c2ccccc2)[C@@H]2[C@H]1C1CCN2CC1. The Labute approximate surface area is 162 Å². The third-order valence-electron chi connectivity index (χ3n) is 6.92. The molecule has 3 aromatic rings. The molecule has 28 heavy (non-hydrogen) atoms. The second-order valence-electron chi connectivity index (χ2n) is 8.23. The van der Waals surface area contributed by atoms with Gasteiger partial charge in [0.15, 0.2) is 5.65 Å². The van der Waals surface area contributed by atoms with E-state index >= 15 is 0 Å². The summed E-state index contributed by atoms with van der Waals surface area (Å²) in [6.45, 7) is 3.10. The molecule has 4 aliphatic rings. The Morgan fingerprint density at radius 2 is 1.82 bits per heavy atom. The third kappa shape index (κ3) is 2.32. The standard InChI is InChI=1S/C21H22N6O/c28-21(16-6-7-18-22-23-24-27(18)12-16)26-13-17(14-4-2-1-3-5-14)20-19(26)15-8-10-25(20)11-9-15/h1-7,12,15,17,19-20H,8-11,13H2/t17-,19+,20+/m0/s1. The van der Waals surface area contributed by atoms with Crippen molar-refractivity contribution in [3.05, 3.63) is 59.8 Å². The van der Waals surface area contributed by atoms with Gasteiger partial charge in [-0.2, -0.15) is 4.52 Å². The lowest BCUT2D eigenvalue weighted by molar-refractivity contribution is -0.00342. The zero-order chi connectivity index (χ0) is 18.7. The average molecular weight is 374 g/mol. The van der Waals surface area contributed by atoms with Crippen molar-refractivity contribution in [2.75, 3.05) is 19.6 Å². The Morgan fingerprint density at radius 1 is 1.00 bits per heavy atom. The van der Waals surface area contributed by atoms with E-state index in [9.17, 15) is 4.79 Å². The Hall–Kier alpha value is -2.80. The smallest absolute Gasteiger partial charge is 0.255 e. The monoisotopic (exact) mass is 374 g/mol. The molecule has 0 saturated carbocycles. The molecule has 7 rings (SSSR count). The molecule has 0 aliphatic carbocycles. The number of nitrogens with zero attached hydrogens (tertiary/aromatic N) is 6. The van der Waals surface area contributed by atoms with E-state index in [1.807, 2.05) is 12.1 Å². The molecule has 4 aliphatic heterocycles. The van der Waals surface area contributed by atoms with Crippen LogP contribution in [0.25, 0.3) is 5.65 Å². The van der Waals surface area contributed by atoms with Crippen LogP contribution in [0.15, 0.2) is 48.7 Å². The number of carbonyl (C=O) groups is 1. The number of pyridine rings is 1. The minimum absolute atomic E-state index is 0.0968. The highest BCUT2D eigenvalue weighted by atomic mass is 16.2. The number of benzene rings is 1. The fourth-order valence-electron chi connectivity index (χ4n) is 5.68. The van der Waals surface area contributed by atoms with E-state index in [1.165, 1.54) is 18.4 Å². The summed E-state index contributed by atoms with van der Waals surface area (Å²) in [5, 5.41) is 11.6. The van der Waals surface area contributed by atoms with Crippen LogP contribution < -0.4 is 0 Å². The molecular formula is C21H22N6O. The number of piperidine rings is 3. The first kappa shape index (κ1) is 16.2. The average Bonchev–Trinajstić information content (AvgIpc) is 3.40. The number of likely N-dealkylation sites (tertiary alicyclic amines) is 1. The molecule has 0 N–H and O–H groups in total. The van der Waals surface area contributed by atoms with Gasteiger partial charge in [0.05, 0.1) is 11.6 Å².